The second kappa shape index (κ2) is 6.40. The molecule has 0 unspecified atom stereocenters. The summed E-state index contributed by atoms with van der Waals surface area (Å²) in [6, 6.07) is 15.4. The van der Waals surface area contributed by atoms with Crippen LogP contribution in [-0.4, -0.2) is 31.2 Å². The van der Waals surface area contributed by atoms with Gasteiger partial charge in [-0.1, -0.05) is 24.3 Å². The molecule has 4 rings (SSSR count). The Morgan fingerprint density at radius 3 is 2.61 bits per heavy atom. The van der Waals surface area contributed by atoms with Gasteiger partial charge in [-0.2, -0.15) is 0 Å². The van der Waals surface area contributed by atoms with Crippen LogP contribution >= 0.6 is 11.3 Å². The van der Waals surface area contributed by atoms with Gasteiger partial charge in [-0.3, -0.25) is 4.90 Å². The van der Waals surface area contributed by atoms with E-state index in [0.717, 1.165) is 38.4 Å². The average Bonchev–Trinajstić information content (AvgIpc) is 2.99. The predicted octanol–water partition coefficient (Wildman–Crippen LogP) is 4.54. The maximum absolute atomic E-state index is 13.2. The maximum Gasteiger partial charge on any atom is 0.123 e. The molecule has 0 amide bonds. The summed E-state index contributed by atoms with van der Waals surface area (Å²) in [6.07, 6.45) is 0. The molecule has 0 radical (unpaired) electrons. The molecule has 3 aromatic rings. The molecule has 118 valence electrons. The van der Waals surface area contributed by atoms with Crippen LogP contribution < -0.4 is 0 Å². The van der Waals surface area contributed by atoms with E-state index in [-0.39, 0.29) is 5.82 Å². The van der Waals surface area contributed by atoms with Crippen molar-refractivity contribution in [1.82, 2.24) is 4.90 Å². The number of ether oxygens (including phenoxy) is 1. The molecule has 0 atom stereocenters. The molecule has 0 aliphatic carbocycles. The van der Waals surface area contributed by atoms with Crippen LogP contribution in [0.3, 0.4) is 0 Å². The van der Waals surface area contributed by atoms with Crippen LogP contribution in [0.4, 0.5) is 4.39 Å². The van der Waals surface area contributed by atoms with Crippen molar-refractivity contribution in [3.63, 3.8) is 0 Å². The van der Waals surface area contributed by atoms with Gasteiger partial charge in [-0.15, -0.1) is 11.3 Å². The Kier molecular flexibility index (Phi) is 4.12. The quantitative estimate of drug-likeness (QED) is 0.700. The van der Waals surface area contributed by atoms with Gasteiger partial charge in [-0.05, 0) is 35.4 Å². The number of hydrogen-bond donors (Lipinski definition) is 0. The minimum Gasteiger partial charge on any atom is -0.379 e. The summed E-state index contributed by atoms with van der Waals surface area (Å²) in [5, 5.41) is 1.26. The fourth-order valence-electron chi connectivity index (χ4n) is 3.05. The highest BCUT2D eigenvalue weighted by Crippen LogP contribution is 2.34. The Labute approximate surface area is 139 Å². The first kappa shape index (κ1) is 14.8. The zero-order valence-corrected chi connectivity index (χ0v) is 13.6. The fourth-order valence-corrected chi connectivity index (χ4v) is 4.18. The second-order valence-electron chi connectivity index (χ2n) is 5.83. The maximum atomic E-state index is 13.2. The van der Waals surface area contributed by atoms with Crippen LogP contribution in [0.1, 0.15) is 4.88 Å². The van der Waals surface area contributed by atoms with Gasteiger partial charge in [0, 0.05) is 34.6 Å². The molecule has 2 nitrogen and oxygen atoms in total. The van der Waals surface area contributed by atoms with Gasteiger partial charge in [-0.25, -0.2) is 4.39 Å². The van der Waals surface area contributed by atoms with Crippen LogP contribution in [0.5, 0.6) is 0 Å². The van der Waals surface area contributed by atoms with Crippen molar-refractivity contribution >= 4 is 21.4 Å². The highest BCUT2D eigenvalue weighted by atomic mass is 32.1. The number of rotatable bonds is 3. The van der Waals surface area contributed by atoms with Crippen LogP contribution in [-0.2, 0) is 11.3 Å². The summed E-state index contributed by atoms with van der Waals surface area (Å²) in [7, 11) is 0. The number of nitrogens with zero attached hydrogens (tertiary/aromatic N) is 1. The van der Waals surface area contributed by atoms with E-state index >= 15 is 0 Å². The van der Waals surface area contributed by atoms with E-state index in [1.807, 2.05) is 23.5 Å². The third-order valence-electron chi connectivity index (χ3n) is 4.25. The van der Waals surface area contributed by atoms with Crippen molar-refractivity contribution < 1.29 is 9.13 Å². The highest BCUT2D eigenvalue weighted by Gasteiger charge is 2.13. The minimum atomic E-state index is -0.195. The molecule has 4 heteroatoms. The molecule has 1 fully saturated rings. The number of fused-ring (bicyclic) bond motifs is 1. The van der Waals surface area contributed by atoms with E-state index in [9.17, 15) is 4.39 Å². The predicted molar refractivity (Wildman–Crippen MR) is 93.3 cm³/mol. The SMILES string of the molecule is Fc1ccc(-c2cccc3sc(CN4CCOCC4)cc23)cc1. The lowest BCUT2D eigenvalue weighted by Crippen LogP contribution is -2.35. The summed E-state index contributed by atoms with van der Waals surface area (Å²) in [6.45, 7) is 4.63. The largest absolute Gasteiger partial charge is 0.379 e. The Morgan fingerprint density at radius 1 is 1.04 bits per heavy atom. The van der Waals surface area contributed by atoms with Crippen LogP contribution in [0.2, 0.25) is 0 Å². The fraction of sp³-hybridized carbons (Fsp3) is 0.263. The summed E-state index contributed by atoms with van der Waals surface area (Å²) >= 11 is 1.85. The molecule has 1 saturated heterocycles. The molecule has 0 saturated carbocycles. The van der Waals surface area contributed by atoms with Gasteiger partial charge in [0.15, 0.2) is 0 Å². The van der Waals surface area contributed by atoms with Crippen molar-refractivity contribution in [2.45, 2.75) is 6.54 Å². The van der Waals surface area contributed by atoms with Crippen molar-refractivity contribution in [2.75, 3.05) is 26.3 Å². The molecule has 1 aliphatic rings. The standard InChI is InChI=1S/C19H18FNOS/c20-15-6-4-14(5-7-15)17-2-1-3-19-18(17)12-16(23-19)13-21-8-10-22-11-9-21/h1-7,12H,8-11,13H2. The Morgan fingerprint density at radius 2 is 1.83 bits per heavy atom. The summed E-state index contributed by atoms with van der Waals surface area (Å²) in [5.41, 5.74) is 2.24. The van der Waals surface area contributed by atoms with Crippen LogP contribution in [0.25, 0.3) is 21.2 Å². The zero-order valence-electron chi connectivity index (χ0n) is 12.8. The van der Waals surface area contributed by atoms with Crippen molar-refractivity contribution in [2.24, 2.45) is 0 Å². The van der Waals surface area contributed by atoms with E-state index in [4.69, 9.17) is 4.74 Å². The average molecular weight is 327 g/mol. The molecule has 2 aromatic carbocycles. The van der Waals surface area contributed by atoms with Gasteiger partial charge in [0.1, 0.15) is 5.82 Å². The summed E-state index contributed by atoms with van der Waals surface area (Å²) in [4.78, 5) is 3.81. The molecular formula is C19H18FNOS. The Balaban J connectivity index is 1.68. The van der Waals surface area contributed by atoms with E-state index in [2.05, 4.69) is 29.2 Å². The van der Waals surface area contributed by atoms with Gasteiger partial charge < -0.3 is 4.74 Å². The molecule has 23 heavy (non-hydrogen) atoms. The number of benzene rings is 2. The first-order valence-corrected chi connectivity index (χ1v) is 8.69. The van der Waals surface area contributed by atoms with Crippen molar-refractivity contribution in [3.05, 3.63) is 59.2 Å². The smallest absolute Gasteiger partial charge is 0.123 e. The topological polar surface area (TPSA) is 12.5 Å². The number of halogens is 1. The van der Waals surface area contributed by atoms with Gasteiger partial charge in [0.2, 0.25) is 0 Å². The lowest BCUT2D eigenvalue weighted by Gasteiger charge is -2.25. The zero-order chi connectivity index (χ0) is 15.6. The van der Waals surface area contributed by atoms with Crippen molar-refractivity contribution in [3.8, 4) is 11.1 Å². The van der Waals surface area contributed by atoms with E-state index in [0.29, 0.717) is 0 Å². The van der Waals surface area contributed by atoms with Crippen LogP contribution in [0.15, 0.2) is 48.5 Å². The number of thiophene rings is 1. The third-order valence-corrected chi connectivity index (χ3v) is 5.34. The molecule has 0 spiro atoms. The number of morpholine rings is 1. The Bertz CT molecular complexity index is 806. The van der Waals surface area contributed by atoms with Crippen molar-refractivity contribution in [1.29, 1.82) is 0 Å². The molecule has 0 bridgehead atoms. The summed E-state index contributed by atoms with van der Waals surface area (Å²) < 4.78 is 19.9. The van der Waals surface area contributed by atoms with Gasteiger partial charge in [0.25, 0.3) is 0 Å². The molecule has 1 aliphatic heterocycles. The molecule has 2 heterocycles. The lowest BCUT2D eigenvalue weighted by atomic mass is 10.0. The molecule has 1 aromatic heterocycles. The first-order valence-electron chi connectivity index (χ1n) is 7.87. The number of hydrogen-bond acceptors (Lipinski definition) is 3. The van der Waals surface area contributed by atoms with E-state index in [1.54, 1.807) is 0 Å². The third kappa shape index (κ3) is 3.15. The Hall–Kier alpha value is -1.75. The van der Waals surface area contributed by atoms with Gasteiger partial charge >= 0.3 is 0 Å². The minimum absolute atomic E-state index is 0.195. The van der Waals surface area contributed by atoms with E-state index in [1.165, 1.54) is 32.7 Å². The van der Waals surface area contributed by atoms with Crippen LogP contribution in [0, 0.1) is 5.82 Å². The molecule has 0 N–H and O–H groups in total. The van der Waals surface area contributed by atoms with E-state index < -0.39 is 0 Å². The first-order chi connectivity index (χ1) is 11.3. The van der Waals surface area contributed by atoms with Gasteiger partial charge in [0.05, 0.1) is 13.2 Å². The lowest BCUT2D eigenvalue weighted by molar-refractivity contribution is 0.0346. The summed E-state index contributed by atoms with van der Waals surface area (Å²) in [5.74, 6) is -0.195. The molecular weight excluding hydrogens is 309 g/mol. The monoisotopic (exact) mass is 327 g/mol. The normalized spacial score (nSPS) is 16.0. The highest BCUT2D eigenvalue weighted by molar-refractivity contribution is 7.19. The second-order valence-corrected chi connectivity index (χ2v) is 6.99.